The van der Waals surface area contributed by atoms with E-state index in [1.54, 1.807) is 17.7 Å². The number of nitrogens with zero attached hydrogens (tertiary/aromatic N) is 3. The van der Waals surface area contributed by atoms with Gasteiger partial charge in [-0.2, -0.15) is 0 Å². The lowest BCUT2D eigenvalue weighted by atomic mass is 10.0. The predicted octanol–water partition coefficient (Wildman–Crippen LogP) is 3.59. The van der Waals surface area contributed by atoms with Crippen LogP contribution in [0.15, 0.2) is 30.3 Å². The van der Waals surface area contributed by atoms with Crippen LogP contribution in [0.1, 0.15) is 60.3 Å². The van der Waals surface area contributed by atoms with Crippen molar-refractivity contribution in [1.82, 2.24) is 14.6 Å². The van der Waals surface area contributed by atoms with Gasteiger partial charge in [-0.15, -0.1) is 5.10 Å². The molecule has 0 N–H and O–H groups in total. The maximum atomic E-state index is 13.0. The van der Waals surface area contributed by atoms with Crippen LogP contribution in [-0.2, 0) is 26.3 Å². The van der Waals surface area contributed by atoms with Gasteiger partial charge in [-0.25, -0.2) is 14.3 Å². The van der Waals surface area contributed by atoms with E-state index in [1.807, 2.05) is 24.3 Å². The second kappa shape index (κ2) is 7.05. The second-order valence-corrected chi connectivity index (χ2v) is 8.80. The predicted molar refractivity (Wildman–Crippen MR) is 113 cm³/mol. The van der Waals surface area contributed by atoms with Crippen molar-refractivity contribution < 1.29 is 23.8 Å². The molecule has 0 amide bonds. The number of carbonyl (C=O) groups excluding carboxylic acids is 2. The monoisotopic (exact) mass is 433 g/mol. The maximum absolute atomic E-state index is 13.0. The highest BCUT2D eigenvalue weighted by molar-refractivity contribution is 5.94. The van der Waals surface area contributed by atoms with Gasteiger partial charge in [0.05, 0.1) is 18.4 Å². The molecule has 8 heteroatoms. The van der Waals surface area contributed by atoms with E-state index in [9.17, 15) is 9.59 Å². The van der Waals surface area contributed by atoms with E-state index in [-0.39, 0.29) is 24.6 Å². The molecule has 3 heterocycles. The summed E-state index contributed by atoms with van der Waals surface area (Å²) in [4.78, 5) is 29.6. The van der Waals surface area contributed by atoms with Crippen molar-refractivity contribution in [2.75, 3.05) is 7.11 Å². The number of esters is 2. The molecule has 6 rings (SSSR count). The number of fused-ring (bicyclic) bond motifs is 2. The lowest BCUT2D eigenvalue weighted by Gasteiger charge is -2.15. The normalized spacial score (nSPS) is 19.1. The van der Waals surface area contributed by atoms with Crippen LogP contribution in [0, 0.1) is 0 Å². The molecule has 0 unspecified atom stereocenters. The van der Waals surface area contributed by atoms with Crippen molar-refractivity contribution in [3.63, 3.8) is 0 Å². The number of cyclic esters (lactones) is 1. The van der Waals surface area contributed by atoms with Crippen molar-refractivity contribution in [3.05, 3.63) is 47.3 Å². The van der Waals surface area contributed by atoms with Gasteiger partial charge in [0.15, 0.2) is 17.2 Å². The van der Waals surface area contributed by atoms with Gasteiger partial charge in [-0.3, -0.25) is 4.79 Å². The summed E-state index contributed by atoms with van der Waals surface area (Å²) < 4.78 is 18.2. The van der Waals surface area contributed by atoms with E-state index in [2.05, 4.69) is 0 Å². The fourth-order valence-electron chi connectivity index (χ4n) is 4.73. The fourth-order valence-corrected chi connectivity index (χ4v) is 4.73. The summed E-state index contributed by atoms with van der Waals surface area (Å²) in [6.45, 7) is 0.264. The summed E-state index contributed by atoms with van der Waals surface area (Å²) in [6.07, 6.45) is 5.46. The van der Waals surface area contributed by atoms with Gasteiger partial charge < -0.3 is 14.2 Å². The maximum Gasteiger partial charge on any atom is 0.338 e. The molecule has 0 spiro atoms. The molecule has 3 aromatic rings. The summed E-state index contributed by atoms with van der Waals surface area (Å²) in [5.41, 5.74) is 2.88. The highest BCUT2D eigenvalue weighted by Gasteiger charge is 2.57. The average Bonchev–Trinajstić information content (AvgIpc) is 3.13. The van der Waals surface area contributed by atoms with Crippen molar-refractivity contribution in [1.29, 1.82) is 0 Å². The first-order chi connectivity index (χ1) is 15.6. The Balaban J connectivity index is 1.42. The first-order valence-electron chi connectivity index (χ1n) is 11.0. The SMILES string of the molecule is COc1ccc(-c2ccc3c(c2)COC3=O)n2nc(C3(C(=O)OC4CCCC4)CC3)nc12. The summed E-state index contributed by atoms with van der Waals surface area (Å²) >= 11 is 0. The van der Waals surface area contributed by atoms with Crippen LogP contribution in [0.5, 0.6) is 5.75 Å². The van der Waals surface area contributed by atoms with Crippen LogP contribution < -0.4 is 4.74 Å². The Morgan fingerprint density at radius 3 is 2.75 bits per heavy atom. The minimum atomic E-state index is -0.769. The van der Waals surface area contributed by atoms with Gasteiger partial charge in [0.25, 0.3) is 0 Å². The number of benzene rings is 1. The molecule has 0 saturated heterocycles. The quantitative estimate of drug-likeness (QED) is 0.568. The van der Waals surface area contributed by atoms with Gasteiger partial charge in [-0.1, -0.05) is 6.07 Å². The Kier molecular flexibility index (Phi) is 4.25. The Bertz CT molecular complexity index is 1250. The third-order valence-corrected chi connectivity index (χ3v) is 6.79. The zero-order valence-electron chi connectivity index (χ0n) is 17.8. The molecule has 1 aromatic carbocycles. The zero-order chi connectivity index (χ0) is 21.9. The molecule has 0 bridgehead atoms. The van der Waals surface area contributed by atoms with Crippen LogP contribution in [-0.4, -0.2) is 39.8 Å². The lowest BCUT2D eigenvalue weighted by Crippen LogP contribution is -2.28. The second-order valence-electron chi connectivity index (χ2n) is 8.80. The van der Waals surface area contributed by atoms with Crippen molar-refractivity contribution in [2.45, 2.75) is 56.7 Å². The molecule has 2 fully saturated rings. The van der Waals surface area contributed by atoms with Gasteiger partial charge >= 0.3 is 11.9 Å². The largest absolute Gasteiger partial charge is 0.493 e. The summed E-state index contributed by atoms with van der Waals surface area (Å²) in [5.74, 6) is 0.540. The summed E-state index contributed by atoms with van der Waals surface area (Å²) in [7, 11) is 1.59. The smallest absolute Gasteiger partial charge is 0.338 e. The molecule has 0 atom stereocenters. The standard InChI is InChI=1S/C24H23N3O5/c1-30-19-9-8-18(14-6-7-17-15(12-14)13-31-21(17)28)27-20(19)25-22(26-27)24(10-11-24)23(29)32-16-4-2-3-5-16/h6-9,12,16H,2-5,10-11,13H2,1H3. The third kappa shape index (κ3) is 2.89. The Hall–Kier alpha value is -3.42. The highest BCUT2D eigenvalue weighted by atomic mass is 16.5. The number of aromatic nitrogens is 3. The molecule has 32 heavy (non-hydrogen) atoms. The van der Waals surface area contributed by atoms with E-state index in [0.717, 1.165) is 42.5 Å². The van der Waals surface area contributed by atoms with Crippen LogP contribution in [0.25, 0.3) is 16.9 Å². The number of pyridine rings is 1. The molecule has 2 saturated carbocycles. The van der Waals surface area contributed by atoms with Gasteiger partial charge in [-0.05, 0) is 62.8 Å². The van der Waals surface area contributed by atoms with Gasteiger partial charge in [0.1, 0.15) is 18.1 Å². The van der Waals surface area contributed by atoms with E-state index < -0.39 is 5.41 Å². The minimum absolute atomic E-state index is 0.0125. The molecule has 2 aromatic heterocycles. The Morgan fingerprint density at radius 1 is 1.19 bits per heavy atom. The van der Waals surface area contributed by atoms with E-state index in [1.165, 1.54) is 0 Å². The third-order valence-electron chi connectivity index (χ3n) is 6.79. The molecular formula is C24H23N3O5. The van der Waals surface area contributed by atoms with Crippen molar-refractivity contribution >= 4 is 17.6 Å². The molecule has 3 aliphatic rings. The Labute approximate surface area is 184 Å². The molecule has 0 radical (unpaired) electrons. The number of methoxy groups -OCH3 is 1. The van der Waals surface area contributed by atoms with Crippen LogP contribution in [0.3, 0.4) is 0 Å². The molecule has 164 valence electrons. The van der Waals surface area contributed by atoms with Crippen molar-refractivity contribution in [3.8, 4) is 17.0 Å². The van der Waals surface area contributed by atoms with E-state index >= 15 is 0 Å². The first kappa shape index (κ1) is 19.3. The van der Waals surface area contributed by atoms with E-state index in [4.69, 9.17) is 24.3 Å². The minimum Gasteiger partial charge on any atom is -0.493 e. The molecular weight excluding hydrogens is 410 g/mol. The van der Waals surface area contributed by atoms with Crippen molar-refractivity contribution in [2.24, 2.45) is 0 Å². The number of ether oxygens (including phenoxy) is 3. The average molecular weight is 433 g/mol. The van der Waals surface area contributed by atoms with Crippen LogP contribution in [0.2, 0.25) is 0 Å². The van der Waals surface area contributed by atoms with Crippen LogP contribution >= 0.6 is 0 Å². The number of rotatable bonds is 5. The molecule has 2 aliphatic carbocycles. The zero-order valence-corrected chi connectivity index (χ0v) is 17.8. The van der Waals surface area contributed by atoms with Crippen LogP contribution in [0.4, 0.5) is 0 Å². The lowest BCUT2D eigenvalue weighted by molar-refractivity contribution is -0.152. The molecule has 8 nitrogen and oxygen atoms in total. The number of hydrogen-bond donors (Lipinski definition) is 0. The fraction of sp³-hybridized carbons (Fsp3) is 0.417. The van der Waals surface area contributed by atoms with E-state index in [0.29, 0.717) is 35.6 Å². The van der Waals surface area contributed by atoms with Gasteiger partial charge in [0, 0.05) is 11.1 Å². The van der Waals surface area contributed by atoms with Gasteiger partial charge in [0.2, 0.25) is 0 Å². The first-order valence-corrected chi connectivity index (χ1v) is 11.0. The topological polar surface area (TPSA) is 92.0 Å². The summed E-state index contributed by atoms with van der Waals surface area (Å²) in [6, 6.07) is 9.32. The number of carbonyl (C=O) groups is 2. The molecule has 1 aliphatic heterocycles. The Morgan fingerprint density at radius 2 is 2.00 bits per heavy atom. The summed E-state index contributed by atoms with van der Waals surface area (Å²) in [5, 5.41) is 4.76. The highest BCUT2D eigenvalue weighted by Crippen LogP contribution is 2.49. The number of hydrogen-bond acceptors (Lipinski definition) is 7.